The molecular weight excluding hydrogens is 234 g/mol. The summed E-state index contributed by atoms with van der Waals surface area (Å²) in [6.45, 7) is 7.80. The highest BCUT2D eigenvalue weighted by atomic mass is 16.3. The topological polar surface area (TPSA) is 32.3 Å². The molecule has 0 bridgehead atoms. The van der Waals surface area contributed by atoms with Crippen LogP contribution in [-0.2, 0) is 5.41 Å². The fraction of sp³-hybridized carbons (Fsp3) is 0.647. The normalized spacial score (nSPS) is 24.4. The van der Waals surface area contributed by atoms with Gasteiger partial charge in [0.2, 0.25) is 0 Å². The van der Waals surface area contributed by atoms with Gasteiger partial charge in [-0.05, 0) is 43.7 Å². The van der Waals surface area contributed by atoms with Crippen molar-refractivity contribution in [1.82, 2.24) is 5.32 Å². The summed E-state index contributed by atoms with van der Waals surface area (Å²) in [7, 11) is 0. The van der Waals surface area contributed by atoms with E-state index in [1.54, 1.807) is 0 Å². The molecule has 1 aliphatic carbocycles. The summed E-state index contributed by atoms with van der Waals surface area (Å²) < 4.78 is 0. The van der Waals surface area contributed by atoms with Crippen molar-refractivity contribution in [3.63, 3.8) is 0 Å². The molecule has 2 N–H and O–H groups in total. The quantitative estimate of drug-likeness (QED) is 0.872. The molecule has 1 aromatic carbocycles. The summed E-state index contributed by atoms with van der Waals surface area (Å²) in [6.07, 6.45) is 4.03. The van der Waals surface area contributed by atoms with Gasteiger partial charge in [0.1, 0.15) is 0 Å². The Balaban J connectivity index is 1.93. The lowest BCUT2D eigenvalue weighted by atomic mass is 9.81. The standard InChI is InChI=1S/C17H27NO/c1-13-6-4-5-7-16(13)17(2,3)12-18-14-8-10-15(19)11-9-14/h4-7,14-15,18-19H,8-12H2,1-3H3. The van der Waals surface area contributed by atoms with Crippen molar-refractivity contribution in [2.24, 2.45) is 0 Å². The second-order valence-corrected chi connectivity index (χ2v) is 6.59. The zero-order valence-corrected chi connectivity index (χ0v) is 12.4. The Hall–Kier alpha value is -0.860. The van der Waals surface area contributed by atoms with Crippen LogP contribution < -0.4 is 5.32 Å². The maximum absolute atomic E-state index is 9.54. The number of benzene rings is 1. The number of aryl methyl sites for hydroxylation is 1. The van der Waals surface area contributed by atoms with E-state index in [1.165, 1.54) is 11.1 Å². The van der Waals surface area contributed by atoms with Gasteiger partial charge in [-0.1, -0.05) is 38.1 Å². The van der Waals surface area contributed by atoms with Crippen molar-refractivity contribution >= 4 is 0 Å². The van der Waals surface area contributed by atoms with Crippen molar-refractivity contribution in [1.29, 1.82) is 0 Å². The number of nitrogens with one attached hydrogen (secondary N) is 1. The van der Waals surface area contributed by atoms with Gasteiger partial charge in [0, 0.05) is 18.0 Å². The van der Waals surface area contributed by atoms with E-state index in [9.17, 15) is 5.11 Å². The third-order valence-corrected chi connectivity index (χ3v) is 4.40. The van der Waals surface area contributed by atoms with E-state index in [0.29, 0.717) is 6.04 Å². The minimum atomic E-state index is -0.0672. The second kappa shape index (κ2) is 6.06. The number of hydrogen-bond acceptors (Lipinski definition) is 2. The van der Waals surface area contributed by atoms with Crippen LogP contribution in [0, 0.1) is 6.92 Å². The highest BCUT2D eigenvalue weighted by Crippen LogP contribution is 2.26. The number of hydrogen-bond donors (Lipinski definition) is 2. The smallest absolute Gasteiger partial charge is 0.0541 e. The molecule has 0 unspecified atom stereocenters. The maximum Gasteiger partial charge on any atom is 0.0541 e. The molecule has 0 amide bonds. The molecule has 2 rings (SSSR count). The molecule has 0 saturated heterocycles. The molecule has 2 nitrogen and oxygen atoms in total. The molecule has 0 atom stereocenters. The first-order valence-corrected chi connectivity index (χ1v) is 7.46. The van der Waals surface area contributed by atoms with Crippen molar-refractivity contribution in [3.8, 4) is 0 Å². The van der Waals surface area contributed by atoms with Gasteiger partial charge in [0.15, 0.2) is 0 Å². The fourth-order valence-electron chi connectivity index (χ4n) is 3.11. The van der Waals surface area contributed by atoms with Crippen molar-refractivity contribution in [2.75, 3.05) is 6.54 Å². The predicted molar refractivity (Wildman–Crippen MR) is 80.5 cm³/mol. The first kappa shape index (κ1) is 14.5. The molecular formula is C17H27NO. The first-order valence-electron chi connectivity index (χ1n) is 7.46. The molecule has 2 heteroatoms. The van der Waals surface area contributed by atoms with Crippen LogP contribution >= 0.6 is 0 Å². The molecule has 0 aliphatic heterocycles. The number of rotatable bonds is 4. The molecule has 0 aromatic heterocycles. The Morgan fingerprint density at radius 2 is 1.79 bits per heavy atom. The minimum absolute atomic E-state index is 0.0672. The number of aliphatic hydroxyl groups is 1. The van der Waals surface area contributed by atoms with Crippen LogP contribution in [0.15, 0.2) is 24.3 Å². The van der Waals surface area contributed by atoms with E-state index >= 15 is 0 Å². The molecule has 0 heterocycles. The van der Waals surface area contributed by atoms with Gasteiger partial charge in [-0.3, -0.25) is 0 Å². The lowest BCUT2D eigenvalue weighted by Crippen LogP contribution is -2.41. The third kappa shape index (κ3) is 3.80. The highest BCUT2D eigenvalue weighted by molar-refractivity contribution is 5.32. The van der Waals surface area contributed by atoms with Crippen molar-refractivity contribution in [2.45, 2.75) is 64.0 Å². The Kier molecular flexibility index (Phi) is 4.64. The third-order valence-electron chi connectivity index (χ3n) is 4.40. The zero-order chi connectivity index (χ0) is 13.9. The average Bonchev–Trinajstić information content (AvgIpc) is 2.38. The second-order valence-electron chi connectivity index (χ2n) is 6.59. The Bertz CT molecular complexity index is 405. The molecule has 0 spiro atoms. The Labute approximate surface area is 117 Å². The molecule has 106 valence electrons. The monoisotopic (exact) mass is 261 g/mol. The minimum Gasteiger partial charge on any atom is -0.393 e. The molecule has 19 heavy (non-hydrogen) atoms. The van der Waals surface area contributed by atoms with Gasteiger partial charge in [0.05, 0.1) is 6.10 Å². The lowest BCUT2D eigenvalue weighted by Gasteiger charge is -2.32. The van der Waals surface area contributed by atoms with Gasteiger partial charge in [0.25, 0.3) is 0 Å². The van der Waals surface area contributed by atoms with Crippen LogP contribution in [0.3, 0.4) is 0 Å². The van der Waals surface area contributed by atoms with Gasteiger partial charge in [-0.15, -0.1) is 0 Å². The SMILES string of the molecule is Cc1ccccc1C(C)(C)CNC1CCC(O)CC1. The fourth-order valence-corrected chi connectivity index (χ4v) is 3.11. The molecule has 1 saturated carbocycles. The van der Waals surface area contributed by atoms with E-state index in [0.717, 1.165) is 32.2 Å². The summed E-state index contributed by atoms with van der Waals surface area (Å²) in [5.41, 5.74) is 2.95. The van der Waals surface area contributed by atoms with Crippen LogP contribution in [0.2, 0.25) is 0 Å². The van der Waals surface area contributed by atoms with Crippen LogP contribution in [-0.4, -0.2) is 23.8 Å². The summed E-state index contributed by atoms with van der Waals surface area (Å²) in [4.78, 5) is 0. The lowest BCUT2D eigenvalue weighted by molar-refractivity contribution is 0.115. The van der Waals surface area contributed by atoms with Crippen LogP contribution in [0.5, 0.6) is 0 Å². The van der Waals surface area contributed by atoms with Crippen LogP contribution in [0.4, 0.5) is 0 Å². The van der Waals surface area contributed by atoms with Gasteiger partial charge < -0.3 is 10.4 Å². The van der Waals surface area contributed by atoms with E-state index < -0.39 is 0 Å². The van der Waals surface area contributed by atoms with Crippen molar-refractivity contribution in [3.05, 3.63) is 35.4 Å². The maximum atomic E-state index is 9.54. The molecule has 1 aliphatic rings. The van der Waals surface area contributed by atoms with Gasteiger partial charge >= 0.3 is 0 Å². The summed E-state index contributed by atoms with van der Waals surface area (Å²) in [6, 6.07) is 9.23. The zero-order valence-electron chi connectivity index (χ0n) is 12.4. The predicted octanol–water partition coefficient (Wildman–Crippen LogP) is 3.17. The average molecular weight is 261 g/mol. The molecule has 1 aromatic rings. The van der Waals surface area contributed by atoms with E-state index in [-0.39, 0.29) is 11.5 Å². The highest BCUT2D eigenvalue weighted by Gasteiger charge is 2.25. The van der Waals surface area contributed by atoms with Crippen LogP contribution in [0.1, 0.15) is 50.7 Å². The van der Waals surface area contributed by atoms with E-state index in [2.05, 4.69) is 50.4 Å². The van der Waals surface area contributed by atoms with Gasteiger partial charge in [-0.2, -0.15) is 0 Å². The summed E-state index contributed by atoms with van der Waals surface area (Å²) in [5, 5.41) is 13.2. The summed E-state index contributed by atoms with van der Waals surface area (Å²) in [5.74, 6) is 0. The van der Waals surface area contributed by atoms with Crippen LogP contribution in [0.25, 0.3) is 0 Å². The summed E-state index contributed by atoms with van der Waals surface area (Å²) >= 11 is 0. The Morgan fingerprint density at radius 1 is 1.16 bits per heavy atom. The molecule has 1 fully saturated rings. The Morgan fingerprint density at radius 3 is 2.42 bits per heavy atom. The van der Waals surface area contributed by atoms with Gasteiger partial charge in [-0.25, -0.2) is 0 Å². The largest absolute Gasteiger partial charge is 0.393 e. The van der Waals surface area contributed by atoms with Crippen molar-refractivity contribution < 1.29 is 5.11 Å². The number of aliphatic hydroxyl groups excluding tert-OH is 1. The molecule has 0 radical (unpaired) electrons. The first-order chi connectivity index (χ1) is 8.99. The van der Waals surface area contributed by atoms with E-state index in [4.69, 9.17) is 0 Å². The van der Waals surface area contributed by atoms with E-state index in [1.807, 2.05) is 0 Å².